The lowest BCUT2D eigenvalue weighted by Crippen LogP contribution is -2.19. The zero-order chi connectivity index (χ0) is 14.6. The van der Waals surface area contributed by atoms with E-state index in [1.54, 1.807) is 11.3 Å². The quantitative estimate of drug-likeness (QED) is 0.787. The minimum absolute atomic E-state index is 0.349. The van der Waals surface area contributed by atoms with Crippen LogP contribution in [0.2, 0.25) is 0 Å². The van der Waals surface area contributed by atoms with Gasteiger partial charge in [-0.3, -0.25) is 4.68 Å². The summed E-state index contributed by atoms with van der Waals surface area (Å²) in [4.78, 5) is 0.979. The Kier molecular flexibility index (Phi) is 2.87. The van der Waals surface area contributed by atoms with E-state index in [0.717, 1.165) is 46.2 Å². The molecule has 0 spiro atoms. The van der Waals surface area contributed by atoms with Crippen molar-refractivity contribution in [2.45, 2.75) is 26.3 Å². The van der Waals surface area contributed by atoms with Crippen molar-refractivity contribution < 1.29 is 4.74 Å². The number of rotatable bonds is 2. The molecule has 1 aliphatic heterocycles. The molecular formula is C14H17N5OS. The molecule has 1 atom stereocenters. The Balaban J connectivity index is 1.92. The summed E-state index contributed by atoms with van der Waals surface area (Å²) in [5, 5.41) is 17.9. The fraction of sp³-hybridized carbons (Fsp3) is 0.500. The molecule has 21 heavy (non-hydrogen) atoms. The predicted octanol–water partition coefficient (Wildman–Crippen LogP) is 2.40. The van der Waals surface area contributed by atoms with Crippen LogP contribution in [-0.4, -0.2) is 39.2 Å². The highest BCUT2D eigenvalue weighted by Crippen LogP contribution is 2.38. The van der Waals surface area contributed by atoms with E-state index in [4.69, 9.17) is 4.74 Å². The van der Waals surface area contributed by atoms with Gasteiger partial charge in [0.2, 0.25) is 0 Å². The zero-order valence-electron chi connectivity index (χ0n) is 12.3. The maximum Gasteiger partial charge on any atom is 0.166 e. The van der Waals surface area contributed by atoms with Crippen molar-refractivity contribution in [2.75, 3.05) is 18.5 Å². The Morgan fingerprint density at radius 2 is 2.19 bits per heavy atom. The Morgan fingerprint density at radius 1 is 1.33 bits per heavy atom. The molecule has 0 saturated carbocycles. The molecule has 1 aliphatic rings. The van der Waals surface area contributed by atoms with Crippen LogP contribution >= 0.6 is 11.3 Å². The van der Waals surface area contributed by atoms with Gasteiger partial charge in [0.05, 0.1) is 28.6 Å². The third-order valence-electron chi connectivity index (χ3n) is 4.13. The smallest absolute Gasteiger partial charge is 0.166 e. The Labute approximate surface area is 126 Å². The highest BCUT2D eigenvalue weighted by atomic mass is 32.1. The molecule has 0 aromatic carbocycles. The fourth-order valence-electron chi connectivity index (χ4n) is 2.85. The summed E-state index contributed by atoms with van der Waals surface area (Å²) in [5.74, 6) is 0.933. The second-order valence-electron chi connectivity index (χ2n) is 5.55. The van der Waals surface area contributed by atoms with Crippen molar-refractivity contribution in [3.05, 3.63) is 11.3 Å². The fourth-order valence-corrected chi connectivity index (χ4v) is 4.00. The normalized spacial score (nSPS) is 18.9. The highest BCUT2D eigenvalue weighted by Gasteiger charge is 2.22. The lowest BCUT2D eigenvalue weighted by atomic mass is 10.1. The molecule has 4 rings (SSSR count). The van der Waals surface area contributed by atoms with Crippen LogP contribution in [0.3, 0.4) is 0 Å². The average Bonchev–Trinajstić information content (AvgIpc) is 3.14. The van der Waals surface area contributed by atoms with Crippen LogP contribution in [0.5, 0.6) is 0 Å². The summed E-state index contributed by atoms with van der Waals surface area (Å²) in [7, 11) is 1.99. The number of aromatic nitrogens is 4. The number of fused-ring (bicyclic) bond motifs is 3. The van der Waals surface area contributed by atoms with Crippen LogP contribution in [0, 0.1) is 13.8 Å². The molecule has 0 radical (unpaired) electrons. The van der Waals surface area contributed by atoms with E-state index in [1.165, 1.54) is 10.9 Å². The van der Waals surface area contributed by atoms with Gasteiger partial charge in [0, 0.05) is 19.0 Å². The molecule has 1 saturated heterocycles. The van der Waals surface area contributed by atoms with Gasteiger partial charge in [-0.15, -0.1) is 16.4 Å². The number of ether oxygens (including phenoxy) is 1. The van der Waals surface area contributed by atoms with Crippen molar-refractivity contribution in [3.63, 3.8) is 0 Å². The van der Waals surface area contributed by atoms with Gasteiger partial charge in [0.1, 0.15) is 4.83 Å². The van der Waals surface area contributed by atoms with Crippen LogP contribution < -0.4 is 5.32 Å². The van der Waals surface area contributed by atoms with Gasteiger partial charge in [-0.25, -0.2) is 0 Å². The van der Waals surface area contributed by atoms with E-state index in [9.17, 15) is 0 Å². The lowest BCUT2D eigenvalue weighted by molar-refractivity contribution is 0.195. The minimum atomic E-state index is 0.349. The standard InChI is InChI=1S/C14H17N5OS/c1-7-8(2)16-17-14-10(7)11-12(21-14)13(18-19(11)3)15-9-4-5-20-6-9/h9H,4-6H2,1-3H3,(H,15,18). The largest absolute Gasteiger partial charge is 0.379 e. The summed E-state index contributed by atoms with van der Waals surface area (Å²) >= 11 is 1.66. The van der Waals surface area contributed by atoms with Crippen molar-refractivity contribution >= 4 is 37.6 Å². The van der Waals surface area contributed by atoms with Crippen LogP contribution in [0.15, 0.2) is 0 Å². The monoisotopic (exact) mass is 303 g/mol. The zero-order valence-corrected chi connectivity index (χ0v) is 13.1. The van der Waals surface area contributed by atoms with Crippen molar-refractivity contribution in [1.29, 1.82) is 0 Å². The van der Waals surface area contributed by atoms with Gasteiger partial charge in [0.25, 0.3) is 0 Å². The second kappa shape index (κ2) is 4.64. The van der Waals surface area contributed by atoms with Crippen LogP contribution in [-0.2, 0) is 11.8 Å². The Morgan fingerprint density at radius 3 is 2.95 bits per heavy atom. The van der Waals surface area contributed by atoms with Crippen LogP contribution in [0.25, 0.3) is 20.4 Å². The van der Waals surface area contributed by atoms with E-state index >= 15 is 0 Å². The molecule has 7 heteroatoms. The maximum absolute atomic E-state index is 5.43. The molecule has 3 aromatic rings. The molecule has 3 aromatic heterocycles. The van der Waals surface area contributed by atoms with Gasteiger partial charge in [-0.05, 0) is 25.8 Å². The Bertz CT molecular complexity index is 831. The summed E-state index contributed by atoms with van der Waals surface area (Å²) in [6.07, 6.45) is 1.03. The summed E-state index contributed by atoms with van der Waals surface area (Å²) in [6, 6.07) is 0.349. The minimum Gasteiger partial charge on any atom is -0.379 e. The SMILES string of the molecule is Cc1nnc2sc3c(NC4CCOC4)nn(C)c3c2c1C. The first-order chi connectivity index (χ1) is 10.1. The van der Waals surface area contributed by atoms with Gasteiger partial charge in [-0.2, -0.15) is 10.2 Å². The van der Waals surface area contributed by atoms with Crippen molar-refractivity contribution in [3.8, 4) is 0 Å². The topological polar surface area (TPSA) is 64.9 Å². The lowest BCUT2D eigenvalue weighted by Gasteiger charge is -2.08. The molecule has 4 heterocycles. The predicted molar refractivity (Wildman–Crippen MR) is 84.0 cm³/mol. The number of hydrogen-bond donors (Lipinski definition) is 1. The average molecular weight is 303 g/mol. The molecule has 1 fully saturated rings. The highest BCUT2D eigenvalue weighted by molar-refractivity contribution is 7.26. The molecule has 110 valence electrons. The molecular weight excluding hydrogens is 286 g/mol. The van der Waals surface area contributed by atoms with E-state index in [1.807, 2.05) is 18.7 Å². The second-order valence-corrected chi connectivity index (χ2v) is 6.55. The van der Waals surface area contributed by atoms with Crippen molar-refractivity contribution in [1.82, 2.24) is 20.0 Å². The number of nitrogens with zero attached hydrogens (tertiary/aromatic N) is 4. The number of hydrogen-bond acceptors (Lipinski definition) is 6. The third kappa shape index (κ3) is 1.91. The summed E-state index contributed by atoms with van der Waals surface area (Å²) in [6.45, 7) is 5.67. The van der Waals surface area contributed by atoms with E-state index < -0.39 is 0 Å². The first-order valence-electron chi connectivity index (χ1n) is 7.08. The first kappa shape index (κ1) is 13.0. The van der Waals surface area contributed by atoms with E-state index in [2.05, 4.69) is 27.5 Å². The van der Waals surface area contributed by atoms with Gasteiger partial charge >= 0.3 is 0 Å². The third-order valence-corrected chi connectivity index (χ3v) is 5.20. The summed E-state index contributed by atoms with van der Waals surface area (Å²) < 4.78 is 8.53. The number of anilines is 1. The molecule has 6 nitrogen and oxygen atoms in total. The number of aryl methyl sites for hydroxylation is 3. The first-order valence-corrected chi connectivity index (χ1v) is 7.90. The number of thiophene rings is 1. The Hall–Kier alpha value is -1.73. The van der Waals surface area contributed by atoms with Gasteiger partial charge in [-0.1, -0.05) is 0 Å². The van der Waals surface area contributed by atoms with E-state index in [0.29, 0.717) is 6.04 Å². The van der Waals surface area contributed by atoms with Crippen LogP contribution in [0.1, 0.15) is 17.7 Å². The molecule has 0 aliphatic carbocycles. The number of nitrogens with one attached hydrogen (secondary N) is 1. The van der Waals surface area contributed by atoms with Gasteiger partial charge in [0.15, 0.2) is 5.82 Å². The van der Waals surface area contributed by atoms with Crippen molar-refractivity contribution in [2.24, 2.45) is 7.05 Å². The van der Waals surface area contributed by atoms with Gasteiger partial charge < -0.3 is 10.1 Å². The summed E-state index contributed by atoms with van der Waals surface area (Å²) in [5.41, 5.74) is 3.30. The molecule has 1 unspecified atom stereocenters. The molecule has 0 amide bonds. The maximum atomic E-state index is 5.43. The van der Waals surface area contributed by atoms with Crippen LogP contribution in [0.4, 0.5) is 5.82 Å². The van der Waals surface area contributed by atoms with E-state index in [-0.39, 0.29) is 0 Å². The molecule has 0 bridgehead atoms. The molecule has 1 N–H and O–H groups in total.